The molecule has 1 fully saturated rings. The molecule has 1 aliphatic rings. The van der Waals surface area contributed by atoms with Crippen molar-refractivity contribution in [1.29, 1.82) is 0 Å². The fraction of sp³-hybridized carbons (Fsp3) is 0. The van der Waals surface area contributed by atoms with Crippen LogP contribution in [0.15, 0.2) is 47.5 Å². The maximum atomic E-state index is 11.7. The van der Waals surface area contributed by atoms with Crippen molar-refractivity contribution in [2.24, 2.45) is 0 Å². The first kappa shape index (κ1) is 13.0. The van der Waals surface area contributed by atoms with Crippen molar-refractivity contribution in [3.63, 3.8) is 0 Å². The SMILES string of the molecule is O=C1NC(=S)S/C1=C\c1cccn1-c1ccc(O)cc1. The topological polar surface area (TPSA) is 54.3 Å². The molecule has 0 saturated carbocycles. The van der Waals surface area contributed by atoms with Gasteiger partial charge in [0.15, 0.2) is 0 Å². The van der Waals surface area contributed by atoms with E-state index in [0.29, 0.717) is 9.23 Å². The van der Waals surface area contributed by atoms with Crippen LogP contribution in [0.3, 0.4) is 0 Å². The average Bonchev–Trinajstić information content (AvgIpc) is 2.98. The minimum Gasteiger partial charge on any atom is -0.508 e. The number of phenolic OH excluding ortho intramolecular Hbond substituents is 1. The molecule has 1 saturated heterocycles. The first-order valence-electron chi connectivity index (χ1n) is 5.85. The smallest absolute Gasteiger partial charge is 0.263 e. The van der Waals surface area contributed by atoms with Gasteiger partial charge in [-0.1, -0.05) is 24.0 Å². The molecule has 0 aliphatic carbocycles. The van der Waals surface area contributed by atoms with Crippen LogP contribution in [0.2, 0.25) is 0 Å². The van der Waals surface area contributed by atoms with Crippen LogP contribution in [0.5, 0.6) is 5.75 Å². The Hall–Kier alpha value is -2.05. The average molecular weight is 302 g/mol. The van der Waals surface area contributed by atoms with E-state index in [2.05, 4.69) is 5.32 Å². The number of nitrogens with zero attached hydrogens (tertiary/aromatic N) is 1. The van der Waals surface area contributed by atoms with Gasteiger partial charge < -0.3 is 15.0 Å². The third kappa shape index (κ3) is 2.48. The van der Waals surface area contributed by atoms with E-state index in [1.807, 2.05) is 35.0 Å². The third-order valence-electron chi connectivity index (χ3n) is 2.83. The van der Waals surface area contributed by atoms with Crippen molar-refractivity contribution in [3.05, 3.63) is 53.2 Å². The number of carbonyl (C=O) groups excluding carboxylic acids is 1. The second-order valence-electron chi connectivity index (χ2n) is 4.17. The van der Waals surface area contributed by atoms with E-state index in [4.69, 9.17) is 12.2 Å². The molecule has 3 rings (SSSR count). The Morgan fingerprint density at radius 1 is 1.25 bits per heavy atom. The predicted octanol–water partition coefficient (Wildman–Crippen LogP) is 2.67. The zero-order chi connectivity index (χ0) is 14.1. The van der Waals surface area contributed by atoms with Crippen molar-refractivity contribution in [2.75, 3.05) is 0 Å². The van der Waals surface area contributed by atoms with E-state index in [1.54, 1.807) is 18.2 Å². The van der Waals surface area contributed by atoms with Gasteiger partial charge >= 0.3 is 0 Å². The van der Waals surface area contributed by atoms with Gasteiger partial charge in [-0.25, -0.2) is 0 Å². The van der Waals surface area contributed by atoms with E-state index in [0.717, 1.165) is 11.4 Å². The normalized spacial score (nSPS) is 16.7. The molecule has 1 amide bonds. The second kappa shape index (κ2) is 5.15. The highest BCUT2D eigenvalue weighted by Crippen LogP contribution is 2.27. The molecule has 2 N–H and O–H groups in total. The summed E-state index contributed by atoms with van der Waals surface area (Å²) in [4.78, 5) is 12.3. The zero-order valence-electron chi connectivity index (χ0n) is 10.2. The second-order valence-corrected chi connectivity index (χ2v) is 5.89. The Morgan fingerprint density at radius 2 is 2.00 bits per heavy atom. The molecule has 6 heteroatoms. The number of thioether (sulfide) groups is 1. The summed E-state index contributed by atoms with van der Waals surface area (Å²) in [5.41, 5.74) is 1.78. The number of nitrogens with one attached hydrogen (secondary N) is 1. The lowest BCUT2D eigenvalue weighted by atomic mass is 10.3. The molecule has 1 aromatic carbocycles. The van der Waals surface area contributed by atoms with Gasteiger partial charge in [0, 0.05) is 17.6 Å². The fourth-order valence-corrected chi connectivity index (χ4v) is 2.94. The molecule has 1 aromatic heterocycles. The molecule has 0 atom stereocenters. The van der Waals surface area contributed by atoms with Crippen LogP contribution in [0, 0.1) is 0 Å². The molecule has 100 valence electrons. The van der Waals surface area contributed by atoms with E-state index in [1.165, 1.54) is 11.8 Å². The van der Waals surface area contributed by atoms with E-state index in [-0.39, 0.29) is 11.7 Å². The van der Waals surface area contributed by atoms with Gasteiger partial charge in [0.25, 0.3) is 5.91 Å². The van der Waals surface area contributed by atoms with E-state index >= 15 is 0 Å². The zero-order valence-corrected chi connectivity index (χ0v) is 11.9. The van der Waals surface area contributed by atoms with Crippen molar-refractivity contribution < 1.29 is 9.90 Å². The van der Waals surface area contributed by atoms with Gasteiger partial charge in [-0.05, 0) is 42.5 Å². The fourth-order valence-electron chi connectivity index (χ4n) is 1.92. The molecule has 2 aromatic rings. The summed E-state index contributed by atoms with van der Waals surface area (Å²) in [5.74, 6) is 0.0512. The highest BCUT2D eigenvalue weighted by atomic mass is 32.2. The van der Waals surface area contributed by atoms with Crippen LogP contribution < -0.4 is 5.32 Å². The number of amides is 1. The highest BCUT2D eigenvalue weighted by molar-refractivity contribution is 8.26. The quantitative estimate of drug-likeness (QED) is 0.661. The third-order valence-corrected chi connectivity index (χ3v) is 3.99. The molecule has 2 heterocycles. The van der Waals surface area contributed by atoms with Gasteiger partial charge in [-0.3, -0.25) is 4.79 Å². The minimum absolute atomic E-state index is 0.168. The number of benzene rings is 1. The van der Waals surface area contributed by atoms with Crippen LogP contribution in [0.25, 0.3) is 11.8 Å². The Balaban J connectivity index is 1.99. The summed E-state index contributed by atoms with van der Waals surface area (Å²) in [7, 11) is 0. The molecule has 0 spiro atoms. The van der Waals surface area contributed by atoms with Crippen molar-refractivity contribution >= 4 is 40.3 Å². The number of hydrogen-bond donors (Lipinski definition) is 2. The molecule has 0 unspecified atom stereocenters. The van der Waals surface area contributed by atoms with Gasteiger partial charge in [-0.2, -0.15) is 0 Å². The lowest BCUT2D eigenvalue weighted by Gasteiger charge is -2.06. The predicted molar refractivity (Wildman–Crippen MR) is 83.7 cm³/mol. The summed E-state index contributed by atoms with van der Waals surface area (Å²) in [5, 5.41) is 11.9. The number of rotatable bonds is 2. The summed E-state index contributed by atoms with van der Waals surface area (Å²) < 4.78 is 2.41. The van der Waals surface area contributed by atoms with Crippen molar-refractivity contribution in [1.82, 2.24) is 9.88 Å². The van der Waals surface area contributed by atoms with Crippen LogP contribution in [0.1, 0.15) is 5.69 Å². The van der Waals surface area contributed by atoms with Crippen molar-refractivity contribution in [2.45, 2.75) is 0 Å². The Bertz CT molecular complexity index is 717. The molecular weight excluding hydrogens is 292 g/mol. The Kier molecular flexibility index (Phi) is 3.33. The van der Waals surface area contributed by atoms with E-state index < -0.39 is 0 Å². The number of aromatic hydroxyl groups is 1. The maximum Gasteiger partial charge on any atom is 0.263 e. The van der Waals surface area contributed by atoms with Crippen molar-refractivity contribution in [3.8, 4) is 11.4 Å². The number of carbonyl (C=O) groups is 1. The summed E-state index contributed by atoms with van der Waals surface area (Å²) in [6.45, 7) is 0. The monoisotopic (exact) mass is 302 g/mol. The number of phenols is 1. The van der Waals surface area contributed by atoms with E-state index in [9.17, 15) is 9.90 Å². The van der Waals surface area contributed by atoms with Gasteiger partial charge in [0.2, 0.25) is 0 Å². The molecule has 4 nitrogen and oxygen atoms in total. The Labute approximate surface area is 125 Å². The lowest BCUT2D eigenvalue weighted by Crippen LogP contribution is -2.17. The molecular formula is C14H10N2O2S2. The van der Waals surface area contributed by atoms with Crippen LogP contribution in [0.4, 0.5) is 0 Å². The number of thiocarbonyl (C=S) groups is 1. The first-order valence-corrected chi connectivity index (χ1v) is 7.07. The summed E-state index contributed by atoms with van der Waals surface area (Å²) in [6.07, 6.45) is 3.70. The van der Waals surface area contributed by atoms with Gasteiger partial charge in [0.1, 0.15) is 10.1 Å². The molecule has 0 bridgehead atoms. The van der Waals surface area contributed by atoms with Crippen LogP contribution in [-0.4, -0.2) is 19.9 Å². The first-order chi connectivity index (χ1) is 9.63. The van der Waals surface area contributed by atoms with Gasteiger partial charge in [0.05, 0.1) is 4.91 Å². The van der Waals surface area contributed by atoms with Crippen LogP contribution in [-0.2, 0) is 4.79 Å². The standard InChI is InChI=1S/C14H10N2O2S2/c17-11-5-3-9(4-6-11)16-7-1-2-10(16)8-12-13(18)15-14(19)20-12/h1-8,17H,(H,15,18,19)/b12-8-. The largest absolute Gasteiger partial charge is 0.508 e. The molecule has 0 radical (unpaired) electrons. The number of aromatic nitrogens is 1. The lowest BCUT2D eigenvalue weighted by molar-refractivity contribution is -0.115. The number of hydrogen-bond acceptors (Lipinski definition) is 4. The minimum atomic E-state index is -0.168. The Morgan fingerprint density at radius 3 is 2.65 bits per heavy atom. The molecule has 20 heavy (non-hydrogen) atoms. The molecule has 1 aliphatic heterocycles. The summed E-state index contributed by atoms with van der Waals surface area (Å²) in [6, 6.07) is 10.7. The van der Waals surface area contributed by atoms with Crippen LogP contribution >= 0.6 is 24.0 Å². The van der Waals surface area contributed by atoms with Gasteiger partial charge in [-0.15, -0.1) is 0 Å². The highest BCUT2D eigenvalue weighted by Gasteiger charge is 2.22. The summed E-state index contributed by atoms with van der Waals surface area (Å²) >= 11 is 6.22. The maximum absolute atomic E-state index is 11.7.